The van der Waals surface area contributed by atoms with E-state index in [0.717, 1.165) is 33.4 Å². The minimum Gasteiger partial charge on any atom is -0.508 e. The molecule has 150 valence electrons. The van der Waals surface area contributed by atoms with Gasteiger partial charge in [0.2, 0.25) is 0 Å². The van der Waals surface area contributed by atoms with E-state index in [4.69, 9.17) is 0 Å². The summed E-state index contributed by atoms with van der Waals surface area (Å²) in [6.07, 6.45) is 0. The fourth-order valence-corrected chi connectivity index (χ4v) is 4.18. The van der Waals surface area contributed by atoms with Crippen molar-refractivity contribution in [3.63, 3.8) is 0 Å². The second-order valence-electron chi connectivity index (χ2n) is 7.89. The van der Waals surface area contributed by atoms with Gasteiger partial charge in [0.1, 0.15) is 11.5 Å². The van der Waals surface area contributed by atoms with Crippen LogP contribution in [0.5, 0.6) is 11.5 Å². The molecule has 2 nitrogen and oxygen atoms in total. The zero-order valence-corrected chi connectivity index (χ0v) is 17.8. The Labute approximate surface area is 178 Å². The van der Waals surface area contributed by atoms with Crippen molar-refractivity contribution in [1.82, 2.24) is 0 Å². The van der Waals surface area contributed by atoms with Gasteiger partial charge in [-0.1, -0.05) is 48.5 Å². The molecule has 0 aliphatic carbocycles. The van der Waals surface area contributed by atoms with Crippen LogP contribution in [0.15, 0.2) is 72.8 Å². The summed E-state index contributed by atoms with van der Waals surface area (Å²) in [5.74, 6) is 0.505. The van der Waals surface area contributed by atoms with E-state index in [-0.39, 0.29) is 11.5 Å². The Morgan fingerprint density at radius 3 is 1.70 bits per heavy atom. The molecule has 0 saturated carbocycles. The molecule has 30 heavy (non-hydrogen) atoms. The van der Waals surface area contributed by atoms with Crippen LogP contribution in [0.2, 0.25) is 0 Å². The predicted molar refractivity (Wildman–Crippen MR) is 125 cm³/mol. The van der Waals surface area contributed by atoms with Crippen molar-refractivity contribution < 1.29 is 10.2 Å². The first-order chi connectivity index (χ1) is 14.4. The van der Waals surface area contributed by atoms with Gasteiger partial charge in [0.25, 0.3) is 0 Å². The Balaban J connectivity index is 2.03. The first-order valence-electron chi connectivity index (χ1n) is 10.2. The Hall–Kier alpha value is -3.52. The molecule has 4 aromatic rings. The molecule has 0 amide bonds. The molecule has 0 atom stereocenters. The van der Waals surface area contributed by atoms with Gasteiger partial charge < -0.3 is 10.2 Å². The van der Waals surface area contributed by atoms with Gasteiger partial charge in [-0.25, -0.2) is 0 Å². The van der Waals surface area contributed by atoms with Crippen LogP contribution < -0.4 is 0 Å². The Morgan fingerprint density at radius 2 is 1.07 bits per heavy atom. The van der Waals surface area contributed by atoms with E-state index in [9.17, 15) is 10.2 Å². The van der Waals surface area contributed by atoms with Crippen molar-refractivity contribution in [3.05, 3.63) is 95.1 Å². The van der Waals surface area contributed by atoms with Gasteiger partial charge in [-0.3, -0.25) is 0 Å². The molecule has 4 aromatic carbocycles. The minimum absolute atomic E-state index is 0.241. The molecule has 0 bridgehead atoms. The number of rotatable bonds is 3. The summed E-state index contributed by atoms with van der Waals surface area (Å²) in [7, 11) is 0. The molecular weight excluding hydrogens is 368 g/mol. The molecule has 0 radical (unpaired) electrons. The Kier molecular flexibility index (Phi) is 5.09. The number of benzene rings is 4. The minimum atomic E-state index is 0.241. The molecule has 0 saturated heterocycles. The summed E-state index contributed by atoms with van der Waals surface area (Å²) in [5, 5.41) is 20.5. The average molecular weight is 395 g/mol. The smallest absolute Gasteiger partial charge is 0.123 e. The van der Waals surface area contributed by atoms with Gasteiger partial charge in [-0.05, 0) is 102 Å². The molecule has 0 unspecified atom stereocenters. The molecule has 0 aliphatic rings. The van der Waals surface area contributed by atoms with Gasteiger partial charge in [0.05, 0.1) is 0 Å². The maximum atomic E-state index is 10.9. The van der Waals surface area contributed by atoms with Crippen LogP contribution in [0.25, 0.3) is 33.4 Å². The quantitative estimate of drug-likeness (QED) is 0.382. The third kappa shape index (κ3) is 3.35. The first kappa shape index (κ1) is 19.8. The maximum Gasteiger partial charge on any atom is 0.123 e. The van der Waals surface area contributed by atoms with Gasteiger partial charge >= 0.3 is 0 Å². The summed E-state index contributed by atoms with van der Waals surface area (Å²) >= 11 is 0. The van der Waals surface area contributed by atoms with Crippen LogP contribution in [0.1, 0.15) is 22.3 Å². The molecule has 2 N–H and O–H groups in total. The highest BCUT2D eigenvalue weighted by Crippen LogP contribution is 2.44. The monoisotopic (exact) mass is 394 g/mol. The first-order valence-corrected chi connectivity index (χ1v) is 10.2. The van der Waals surface area contributed by atoms with Gasteiger partial charge in [0.15, 0.2) is 0 Å². The van der Waals surface area contributed by atoms with E-state index in [1.54, 1.807) is 18.2 Å². The maximum absolute atomic E-state index is 10.9. The number of aromatic hydroxyl groups is 2. The van der Waals surface area contributed by atoms with Crippen molar-refractivity contribution >= 4 is 0 Å². The summed E-state index contributed by atoms with van der Waals surface area (Å²) in [6.45, 7) is 8.61. The molecule has 2 heteroatoms. The fraction of sp³-hybridized carbons (Fsp3) is 0.143. The SMILES string of the molecule is Cc1c(C)c(C)c(-c2cc(-c3ccc(O)cc3)ccc2O)c(-c2ccccc2)c1C. The van der Waals surface area contributed by atoms with Crippen LogP contribution in [0.4, 0.5) is 0 Å². The van der Waals surface area contributed by atoms with Crippen molar-refractivity contribution in [2.24, 2.45) is 0 Å². The number of hydrogen-bond donors (Lipinski definition) is 2. The highest BCUT2D eigenvalue weighted by atomic mass is 16.3. The number of hydrogen-bond acceptors (Lipinski definition) is 2. The largest absolute Gasteiger partial charge is 0.508 e. The fourth-order valence-electron chi connectivity index (χ4n) is 4.18. The average Bonchev–Trinajstić information content (AvgIpc) is 2.76. The summed E-state index contributed by atoms with van der Waals surface area (Å²) in [6, 6.07) is 23.2. The van der Waals surface area contributed by atoms with E-state index in [1.165, 1.54) is 22.3 Å². The van der Waals surface area contributed by atoms with Crippen LogP contribution in [0.3, 0.4) is 0 Å². The van der Waals surface area contributed by atoms with Gasteiger partial charge in [0, 0.05) is 5.56 Å². The standard InChI is InChI=1S/C28H26O2/c1-17-18(2)20(4)28(27(19(17)3)22-8-6-5-7-9-22)25-16-23(12-15-26(25)30)21-10-13-24(29)14-11-21/h5-16,29-30H,1-4H3. The van der Waals surface area contributed by atoms with E-state index in [1.807, 2.05) is 30.3 Å². The molecule has 0 fully saturated rings. The zero-order chi connectivity index (χ0) is 21.4. The van der Waals surface area contributed by atoms with Crippen LogP contribution in [-0.2, 0) is 0 Å². The predicted octanol–water partition coefficient (Wildman–Crippen LogP) is 7.33. The highest BCUT2D eigenvalue weighted by Gasteiger charge is 2.20. The van der Waals surface area contributed by atoms with Crippen molar-refractivity contribution in [1.29, 1.82) is 0 Å². The topological polar surface area (TPSA) is 40.5 Å². The number of phenolic OH excluding ortho intramolecular Hbond substituents is 2. The summed E-state index contributed by atoms with van der Waals surface area (Å²) in [5.41, 5.74) is 11.1. The number of phenols is 2. The Bertz CT molecular complexity index is 1220. The molecular formula is C28H26O2. The lowest BCUT2D eigenvalue weighted by atomic mass is 9.82. The summed E-state index contributed by atoms with van der Waals surface area (Å²) < 4.78 is 0. The van der Waals surface area contributed by atoms with Gasteiger partial charge in [-0.15, -0.1) is 0 Å². The second kappa shape index (κ2) is 7.72. The lowest BCUT2D eigenvalue weighted by Gasteiger charge is -2.22. The molecule has 0 aliphatic heterocycles. The van der Waals surface area contributed by atoms with E-state index < -0.39 is 0 Å². The summed E-state index contributed by atoms with van der Waals surface area (Å²) in [4.78, 5) is 0. The molecule has 0 heterocycles. The molecule has 0 aromatic heterocycles. The second-order valence-corrected chi connectivity index (χ2v) is 7.89. The normalized spacial score (nSPS) is 10.9. The highest BCUT2D eigenvalue weighted by molar-refractivity contribution is 5.92. The van der Waals surface area contributed by atoms with Crippen molar-refractivity contribution in [3.8, 4) is 44.9 Å². The van der Waals surface area contributed by atoms with Gasteiger partial charge in [-0.2, -0.15) is 0 Å². The van der Waals surface area contributed by atoms with Crippen LogP contribution >= 0.6 is 0 Å². The lowest BCUT2D eigenvalue weighted by molar-refractivity contribution is 0.475. The van der Waals surface area contributed by atoms with E-state index in [2.05, 4.69) is 52.0 Å². The lowest BCUT2D eigenvalue weighted by Crippen LogP contribution is -2.00. The third-order valence-electron chi connectivity index (χ3n) is 6.22. The van der Waals surface area contributed by atoms with Crippen LogP contribution in [0, 0.1) is 27.7 Å². The van der Waals surface area contributed by atoms with Crippen molar-refractivity contribution in [2.45, 2.75) is 27.7 Å². The van der Waals surface area contributed by atoms with Crippen molar-refractivity contribution in [2.75, 3.05) is 0 Å². The third-order valence-corrected chi connectivity index (χ3v) is 6.22. The molecule has 0 spiro atoms. The Morgan fingerprint density at radius 1 is 0.500 bits per heavy atom. The van der Waals surface area contributed by atoms with E-state index in [0.29, 0.717) is 0 Å². The van der Waals surface area contributed by atoms with E-state index >= 15 is 0 Å². The molecule has 4 rings (SSSR count). The van der Waals surface area contributed by atoms with Crippen LogP contribution in [-0.4, -0.2) is 10.2 Å². The zero-order valence-electron chi connectivity index (χ0n) is 17.8.